The summed E-state index contributed by atoms with van der Waals surface area (Å²) in [6.07, 6.45) is 2.72. The maximum absolute atomic E-state index is 12.0. The fraction of sp³-hybridized carbons (Fsp3) is 0.833. The third kappa shape index (κ3) is 4.77. The summed E-state index contributed by atoms with van der Waals surface area (Å²) in [5, 5.41) is 8.54. The van der Waals surface area contributed by atoms with E-state index in [-0.39, 0.29) is 24.5 Å². The average molecular weight is 273 g/mol. The Kier molecular flexibility index (Phi) is 6.75. The second-order valence-corrected chi connectivity index (χ2v) is 4.76. The zero-order chi connectivity index (χ0) is 14.3. The Morgan fingerprint density at radius 2 is 2.32 bits per heavy atom. The van der Waals surface area contributed by atoms with Crippen molar-refractivity contribution in [2.75, 3.05) is 19.6 Å². The van der Waals surface area contributed by atoms with E-state index in [1.54, 1.807) is 0 Å². The highest BCUT2D eigenvalue weighted by Crippen LogP contribution is 2.19. The number of ether oxygens (including phenoxy) is 1. The summed E-state index contributed by atoms with van der Waals surface area (Å²) in [5.41, 5.74) is 7.22. The van der Waals surface area contributed by atoms with Crippen molar-refractivity contribution in [2.24, 2.45) is 5.73 Å². The molecule has 0 saturated carbocycles. The van der Waals surface area contributed by atoms with E-state index in [0.717, 1.165) is 19.3 Å². The predicted molar refractivity (Wildman–Crippen MR) is 68.4 cm³/mol. The van der Waals surface area contributed by atoms with Crippen molar-refractivity contribution in [1.29, 1.82) is 0 Å². The highest BCUT2D eigenvalue weighted by molar-refractivity contribution is 5.86. The molecule has 1 heterocycles. The third-order valence-corrected chi connectivity index (χ3v) is 3.21. The van der Waals surface area contributed by atoms with E-state index in [0.29, 0.717) is 19.5 Å². The van der Waals surface area contributed by atoms with Gasteiger partial charge in [-0.3, -0.25) is 4.79 Å². The van der Waals surface area contributed by atoms with Gasteiger partial charge in [0.2, 0.25) is 5.91 Å². The first kappa shape index (κ1) is 15.9. The van der Waals surface area contributed by atoms with E-state index in [1.807, 2.05) is 12.4 Å². The van der Waals surface area contributed by atoms with Crippen molar-refractivity contribution in [1.82, 2.24) is 10.4 Å². The average Bonchev–Trinajstić information content (AvgIpc) is 2.85. The molecule has 0 aromatic carbocycles. The van der Waals surface area contributed by atoms with Crippen LogP contribution in [0.15, 0.2) is 0 Å². The lowest BCUT2D eigenvalue weighted by Gasteiger charge is -2.24. The number of hydrogen-bond donors (Lipinski definition) is 3. The number of nitrogens with one attached hydrogen (secondary N) is 1. The Hall–Kier alpha value is -1.18. The fourth-order valence-electron chi connectivity index (χ4n) is 2.22. The van der Waals surface area contributed by atoms with Crippen LogP contribution in [0.4, 0.5) is 0 Å². The summed E-state index contributed by atoms with van der Waals surface area (Å²) in [7, 11) is 0. The number of likely N-dealkylation sites (tertiary alicyclic amines) is 1. The van der Waals surface area contributed by atoms with Gasteiger partial charge in [0.05, 0.1) is 12.6 Å². The molecule has 0 aromatic rings. The molecule has 0 spiro atoms. The van der Waals surface area contributed by atoms with Gasteiger partial charge >= 0.3 is 5.97 Å². The summed E-state index contributed by atoms with van der Waals surface area (Å²) in [5.74, 6) is -0.662. The van der Waals surface area contributed by atoms with Gasteiger partial charge in [-0.05, 0) is 39.2 Å². The van der Waals surface area contributed by atoms with E-state index in [9.17, 15) is 9.59 Å². The maximum Gasteiger partial charge on any atom is 0.329 e. The number of hydroxylamine groups is 1. The monoisotopic (exact) mass is 273 g/mol. The van der Waals surface area contributed by atoms with Gasteiger partial charge in [-0.25, -0.2) is 4.79 Å². The molecule has 1 aliphatic rings. The highest BCUT2D eigenvalue weighted by atomic mass is 16.5. The van der Waals surface area contributed by atoms with Crippen molar-refractivity contribution in [2.45, 2.75) is 44.8 Å². The van der Waals surface area contributed by atoms with E-state index in [4.69, 9.17) is 15.7 Å². The topological polar surface area (TPSA) is 105 Å². The third-order valence-electron chi connectivity index (χ3n) is 3.21. The quantitative estimate of drug-likeness (QED) is 0.432. The lowest BCUT2D eigenvalue weighted by molar-refractivity contribution is -0.157. The molecule has 0 radical (unpaired) electrons. The maximum atomic E-state index is 12.0. The van der Waals surface area contributed by atoms with E-state index < -0.39 is 6.04 Å². The molecule has 19 heavy (non-hydrogen) atoms. The van der Waals surface area contributed by atoms with E-state index in [2.05, 4.69) is 0 Å². The SMILES string of the molecule is CC(CCCN)OC(=O)C1CCCN1C(=O)CNO. The second kappa shape index (κ2) is 8.08. The van der Waals surface area contributed by atoms with Crippen LogP contribution >= 0.6 is 0 Å². The highest BCUT2D eigenvalue weighted by Gasteiger charge is 2.35. The Morgan fingerprint density at radius 3 is 2.95 bits per heavy atom. The van der Waals surface area contributed by atoms with E-state index in [1.165, 1.54) is 4.90 Å². The molecule has 2 unspecified atom stereocenters. The standard InChI is InChI=1S/C12H23N3O4/c1-9(4-2-6-13)19-12(17)10-5-3-7-15(10)11(16)8-14-18/h9-10,14,18H,2-8,13H2,1H3. The summed E-state index contributed by atoms with van der Waals surface area (Å²) in [6.45, 7) is 2.73. The summed E-state index contributed by atoms with van der Waals surface area (Å²) in [6, 6.07) is -0.527. The number of amides is 1. The molecule has 0 aromatic heterocycles. The van der Waals surface area contributed by atoms with Gasteiger partial charge in [-0.1, -0.05) is 0 Å². The van der Waals surface area contributed by atoms with Crippen LogP contribution in [0.1, 0.15) is 32.6 Å². The Balaban J connectivity index is 2.48. The van der Waals surface area contributed by atoms with Crippen LogP contribution in [0, 0.1) is 0 Å². The first-order valence-corrected chi connectivity index (χ1v) is 6.67. The normalized spacial score (nSPS) is 20.4. The van der Waals surface area contributed by atoms with Crippen LogP contribution < -0.4 is 11.2 Å². The molecule has 1 rings (SSSR count). The summed E-state index contributed by atoms with van der Waals surface area (Å²) >= 11 is 0. The molecule has 4 N–H and O–H groups in total. The smallest absolute Gasteiger partial charge is 0.329 e. The molecule has 0 aliphatic carbocycles. The number of carbonyl (C=O) groups is 2. The van der Waals surface area contributed by atoms with Gasteiger partial charge in [0, 0.05) is 6.54 Å². The van der Waals surface area contributed by atoms with E-state index >= 15 is 0 Å². The van der Waals surface area contributed by atoms with Crippen molar-refractivity contribution in [3.8, 4) is 0 Å². The minimum Gasteiger partial charge on any atom is -0.461 e. The molecule has 1 saturated heterocycles. The van der Waals surface area contributed by atoms with Gasteiger partial charge in [0.1, 0.15) is 6.04 Å². The van der Waals surface area contributed by atoms with Crippen LogP contribution in [-0.4, -0.2) is 53.8 Å². The molecule has 7 nitrogen and oxygen atoms in total. The summed E-state index contributed by atoms with van der Waals surface area (Å²) in [4.78, 5) is 25.2. The number of nitrogens with two attached hydrogens (primary N) is 1. The molecule has 7 heteroatoms. The fourth-order valence-corrected chi connectivity index (χ4v) is 2.22. The Labute approximate surface area is 113 Å². The van der Waals surface area contributed by atoms with Crippen LogP contribution in [0.2, 0.25) is 0 Å². The Bertz CT molecular complexity index is 311. The first-order chi connectivity index (χ1) is 9.10. The van der Waals surface area contributed by atoms with Crippen molar-refractivity contribution in [3.63, 3.8) is 0 Å². The summed E-state index contributed by atoms with van der Waals surface area (Å²) < 4.78 is 5.32. The molecule has 110 valence electrons. The van der Waals surface area contributed by atoms with Crippen LogP contribution in [0.3, 0.4) is 0 Å². The van der Waals surface area contributed by atoms with Gasteiger partial charge in [0.15, 0.2) is 0 Å². The molecule has 0 bridgehead atoms. The van der Waals surface area contributed by atoms with Crippen LogP contribution in [-0.2, 0) is 14.3 Å². The number of hydrogen-bond acceptors (Lipinski definition) is 6. The van der Waals surface area contributed by atoms with Crippen LogP contribution in [0.25, 0.3) is 0 Å². The minimum atomic E-state index is -0.527. The van der Waals surface area contributed by atoms with Gasteiger partial charge < -0.3 is 20.6 Å². The predicted octanol–water partition coefficient (Wildman–Crippen LogP) is -0.373. The first-order valence-electron chi connectivity index (χ1n) is 6.67. The zero-order valence-electron chi connectivity index (χ0n) is 11.3. The molecular formula is C12H23N3O4. The van der Waals surface area contributed by atoms with Gasteiger partial charge in [-0.15, -0.1) is 0 Å². The number of nitrogens with zero attached hydrogens (tertiary/aromatic N) is 1. The van der Waals surface area contributed by atoms with Gasteiger partial charge in [-0.2, -0.15) is 5.48 Å². The lowest BCUT2D eigenvalue weighted by atomic mass is 10.2. The molecule has 1 amide bonds. The van der Waals surface area contributed by atoms with Crippen molar-refractivity contribution < 1.29 is 19.5 Å². The molecular weight excluding hydrogens is 250 g/mol. The number of carbonyl (C=O) groups excluding carboxylic acids is 2. The minimum absolute atomic E-state index is 0.188. The number of esters is 1. The van der Waals surface area contributed by atoms with Crippen LogP contribution in [0.5, 0.6) is 0 Å². The van der Waals surface area contributed by atoms with Gasteiger partial charge in [0.25, 0.3) is 0 Å². The lowest BCUT2D eigenvalue weighted by Crippen LogP contribution is -2.45. The second-order valence-electron chi connectivity index (χ2n) is 4.76. The number of rotatable bonds is 7. The molecule has 1 aliphatic heterocycles. The molecule has 1 fully saturated rings. The zero-order valence-corrected chi connectivity index (χ0v) is 11.3. The van der Waals surface area contributed by atoms with Crippen molar-refractivity contribution >= 4 is 11.9 Å². The van der Waals surface area contributed by atoms with Crippen molar-refractivity contribution in [3.05, 3.63) is 0 Å². The largest absolute Gasteiger partial charge is 0.461 e. The Morgan fingerprint density at radius 1 is 1.58 bits per heavy atom. The molecule has 2 atom stereocenters.